The molecule has 1 atom stereocenters. The van der Waals surface area contributed by atoms with Gasteiger partial charge in [-0.1, -0.05) is 0 Å². The van der Waals surface area contributed by atoms with Crippen LogP contribution in [0.1, 0.15) is 17.4 Å². The first-order chi connectivity index (χ1) is 7.13. The van der Waals surface area contributed by atoms with E-state index in [9.17, 15) is 5.11 Å². The first kappa shape index (κ1) is 10.6. The second-order valence-corrected chi connectivity index (χ2v) is 4.22. The van der Waals surface area contributed by atoms with Gasteiger partial charge in [0.1, 0.15) is 22.0 Å². The highest BCUT2D eigenvalue weighted by Gasteiger charge is 2.16. The molecule has 0 aromatic carbocycles. The van der Waals surface area contributed by atoms with Crippen LogP contribution in [0, 0.1) is 6.92 Å². The lowest BCUT2D eigenvalue weighted by Gasteiger charge is -2.03. The smallest absolute Gasteiger partial charge is 0.138 e. The van der Waals surface area contributed by atoms with Crippen molar-refractivity contribution in [3.8, 4) is 0 Å². The van der Waals surface area contributed by atoms with E-state index in [2.05, 4.69) is 20.9 Å². The average molecular weight is 270 g/mol. The molecule has 0 bridgehead atoms. The van der Waals surface area contributed by atoms with Crippen molar-refractivity contribution in [2.24, 2.45) is 5.73 Å². The first-order valence-corrected chi connectivity index (χ1v) is 5.45. The monoisotopic (exact) mass is 269 g/mol. The molecular formula is C10H12BrN3O. The van der Waals surface area contributed by atoms with Crippen LogP contribution in [0.2, 0.25) is 0 Å². The number of halogens is 1. The molecule has 0 saturated heterocycles. The number of hydrogen-bond acceptors (Lipinski definition) is 3. The van der Waals surface area contributed by atoms with E-state index in [0.717, 1.165) is 15.8 Å². The van der Waals surface area contributed by atoms with E-state index >= 15 is 0 Å². The minimum atomic E-state index is -0.723. The molecule has 0 spiro atoms. The highest BCUT2D eigenvalue weighted by Crippen LogP contribution is 2.24. The molecule has 0 aliphatic rings. The van der Waals surface area contributed by atoms with Crippen molar-refractivity contribution < 1.29 is 5.11 Å². The number of aliphatic hydroxyl groups excluding tert-OH is 1. The molecule has 2 aromatic rings. The second-order valence-electron chi connectivity index (χ2n) is 3.47. The van der Waals surface area contributed by atoms with E-state index in [4.69, 9.17) is 5.73 Å². The average Bonchev–Trinajstić information content (AvgIpc) is 2.54. The highest BCUT2D eigenvalue weighted by molar-refractivity contribution is 9.10. The molecule has 5 heteroatoms. The summed E-state index contributed by atoms with van der Waals surface area (Å²) >= 11 is 3.40. The predicted octanol–water partition coefficient (Wildman–Crippen LogP) is 1.40. The van der Waals surface area contributed by atoms with Gasteiger partial charge in [-0.15, -0.1) is 0 Å². The van der Waals surface area contributed by atoms with Gasteiger partial charge in [-0.3, -0.25) is 4.40 Å². The molecule has 0 aliphatic carbocycles. The van der Waals surface area contributed by atoms with Crippen LogP contribution in [0.5, 0.6) is 0 Å². The Kier molecular flexibility index (Phi) is 2.77. The number of nitrogens with two attached hydrogens (primary N) is 1. The standard InChI is InChI=1S/C10H12BrN3O/c1-6-2-3-14-8(4-6)13-9(10(14)11)7(15)5-12/h2-4,7,15H,5,12H2,1H3. The number of aromatic nitrogens is 2. The lowest BCUT2D eigenvalue weighted by atomic mass is 10.3. The van der Waals surface area contributed by atoms with Crippen LogP contribution in [0.25, 0.3) is 5.65 Å². The Labute approximate surface area is 95.9 Å². The molecule has 2 aromatic heterocycles. The maximum Gasteiger partial charge on any atom is 0.138 e. The second kappa shape index (κ2) is 3.92. The maximum absolute atomic E-state index is 9.65. The molecule has 0 saturated carbocycles. The summed E-state index contributed by atoms with van der Waals surface area (Å²) in [6.45, 7) is 2.17. The number of rotatable bonds is 2. The summed E-state index contributed by atoms with van der Waals surface area (Å²) in [5, 5.41) is 9.65. The number of pyridine rings is 1. The van der Waals surface area contributed by atoms with Crippen molar-refractivity contribution in [2.45, 2.75) is 13.0 Å². The third-order valence-electron chi connectivity index (χ3n) is 2.29. The molecule has 3 N–H and O–H groups in total. The molecule has 15 heavy (non-hydrogen) atoms. The van der Waals surface area contributed by atoms with Gasteiger partial charge in [0.25, 0.3) is 0 Å². The van der Waals surface area contributed by atoms with Crippen LogP contribution >= 0.6 is 15.9 Å². The van der Waals surface area contributed by atoms with Crippen LogP contribution in [0.4, 0.5) is 0 Å². The van der Waals surface area contributed by atoms with Crippen LogP contribution in [0.15, 0.2) is 22.9 Å². The summed E-state index contributed by atoms with van der Waals surface area (Å²) in [7, 11) is 0. The van der Waals surface area contributed by atoms with Gasteiger partial charge in [-0.05, 0) is 40.5 Å². The summed E-state index contributed by atoms with van der Waals surface area (Å²) < 4.78 is 2.64. The zero-order chi connectivity index (χ0) is 11.0. The van der Waals surface area contributed by atoms with Gasteiger partial charge >= 0.3 is 0 Å². The highest BCUT2D eigenvalue weighted by atomic mass is 79.9. The molecule has 4 nitrogen and oxygen atoms in total. The molecular weight excluding hydrogens is 258 g/mol. The van der Waals surface area contributed by atoms with E-state index in [-0.39, 0.29) is 6.54 Å². The molecule has 2 rings (SSSR count). The SMILES string of the molecule is Cc1ccn2c(Br)c(C(O)CN)nc2c1. The number of fused-ring (bicyclic) bond motifs is 1. The maximum atomic E-state index is 9.65. The summed E-state index contributed by atoms with van der Waals surface area (Å²) in [5.74, 6) is 0. The molecule has 80 valence electrons. The van der Waals surface area contributed by atoms with Crippen molar-refractivity contribution in [2.75, 3.05) is 6.54 Å². The van der Waals surface area contributed by atoms with Crippen molar-refractivity contribution in [1.82, 2.24) is 9.38 Å². The zero-order valence-electron chi connectivity index (χ0n) is 8.31. The summed E-state index contributed by atoms with van der Waals surface area (Å²) in [4.78, 5) is 4.33. The molecule has 0 amide bonds. The van der Waals surface area contributed by atoms with Gasteiger partial charge in [0.05, 0.1) is 0 Å². The van der Waals surface area contributed by atoms with Crippen LogP contribution in [0.3, 0.4) is 0 Å². The number of hydrogen-bond donors (Lipinski definition) is 2. The first-order valence-electron chi connectivity index (χ1n) is 4.65. The summed E-state index contributed by atoms with van der Waals surface area (Å²) in [6, 6.07) is 3.94. The van der Waals surface area contributed by atoms with Crippen LogP contribution < -0.4 is 5.73 Å². The quantitative estimate of drug-likeness (QED) is 0.867. The van der Waals surface area contributed by atoms with Gasteiger partial charge in [0.15, 0.2) is 0 Å². The van der Waals surface area contributed by atoms with E-state index in [0.29, 0.717) is 5.69 Å². The predicted molar refractivity (Wildman–Crippen MR) is 61.6 cm³/mol. The Morgan fingerprint density at radius 1 is 1.67 bits per heavy atom. The van der Waals surface area contributed by atoms with Gasteiger partial charge in [-0.25, -0.2) is 4.98 Å². The molecule has 0 aliphatic heterocycles. The molecule has 0 radical (unpaired) electrons. The van der Waals surface area contributed by atoms with E-state index in [1.165, 1.54) is 0 Å². The lowest BCUT2D eigenvalue weighted by molar-refractivity contribution is 0.181. The fraction of sp³-hybridized carbons (Fsp3) is 0.300. The minimum Gasteiger partial charge on any atom is -0.385 e. The molecule has 1 unspecified atom stereocenters. The Morgan fingerprint density at radius 3 is 3.07 bits per heavy atom. The Bertz CT molecular complexity index is 495. The normalized spacial score (nSPS) is 13.3. The van der Waals surface area contributed by atoms with E-state index in [1.54, 1.807) is 0 Å². The van der Waals surface area contributed by atoms with Gasteiger partial charge in [-0.2, -0.15) is 0 Å². The van der Waals surface area contributed by atoms with Crippen LogP contribution in [-0.2, 0) is 0 Å². The van der Waals surface area contributed by atoms with Crippen LogP contribution in [-0.4, -0.2) is 21.0 Å². The number of imidazole rings is 1. The van der Waals surface area contributed by atoms with Gasteiger partial charge < -0.3 is 10.8 Å². The third-order valence-corrected chi connectivity index (χ3v) is 3.08. The Morgan fingerprint density at radius 2 is 2.40 bits per heavy atom. The van der Waals surface area contributed by atoms with Crippen molar-refractivity contribution in [3.63, 3.8) is 0 Å². The number of aryl methyl sites for hydroxylation is 1. The van der Waals surface area contributed by atoms with Gasteiger partial charge in [0, 0.05) is 12.7 Å². The minimum absolute atomic E-state index is 0.168. The third kappa shape index (κ3) is 1.78. The number of nitrogens with zero attached hydrogens (tertiary/aromatic N) is 2. The number of aliphatic hydroxyl groups is 1. The van der Waals surface area contributed by atoms with Crippen molar-refractivity contribution >= 4 is 21.6 Å². The van der Waals surface area contributed by atoms with E-state index in [1.807, 2.05) is 29.7 Å². The Balaban J connectivity index is 2.63. The van der Waals surface area contributed by atoms with E-state index < -0.39 is 6.10 Å². The molecule has 2 heterocycles. The fourth-order valence-electron chi connectivity index (χ4n) is 1.46. The zero-order valence-corrected chi connectivity index (χ0v) is 9.90. The van der Waals surface area contributed by atoms with Gasteiger partial charge in [0.2, 0.25) is 0 Å². The van der Waals surface area contributed by atoms with Crippen molar-refractivity contribution in [3.05, 3.63) is 34.2 Å². The Hall–Kier alpha value is -0.910. The fourth-order valence-corrected chi connectivity index (χ4v) is 2.11. The lowest BCUT2D eigenvalue weighted by Crippen LogP contribution is -2.12. The van der Waals surface area contributed by atoms with Crippen molar-refractivity contribution in [1.29, 1.82) is 0 Å². The topological polar surface area (TPSA) is 63.5 Å². The summed E-state index contributed by atoms with van der Waals surface area (Å²) in [6.07, 6.45) is 1.19. The largest absolute Gasteiger partial charge is 0.385 e. The molecule has 0 fully saturated rings. The summed E-state index contributed by atoms with van der Waals surface area (Å²) in [5.41, 5.74) is 7.93.